The van der Waals surface area contributed by atoms with Crippen molar-refractivity contribution >= 4 is 0 Å². The molecular formula is C21H36N2O2. The van der Waals surface area contributed by atoms with Crippen molar-refractivity contribution in [1.82, 2.24) is 9.80 Å². The Labute approximate surface area is 154 Å². The Kier molecular flexibility index (Phi) is 8.56. The zero-order valence-electron chi connectivity index (χ0n) is 16.6. The van der Waals surface area contributed by atoms with Crippen molar-refractivity contribution in [2.45, 2.75) is 40.0 Å². The van der Waals surface area contributed by atoms with Crippen LogP contribution in [0.2, 0.25) is 0 Å². The lowest BCUT2D eigenvalue weighted by molar-refractivity contribution is 0.153. The number of nitrogens with zero attached hydrogens (tertiary/aromatic N) is 2. The molecule has 0 unspecified atom stereocenters. The fourth-order valence-electron chi connectivity index (χ4n) is 3.08. The number of benzene rings is 1. The summed E-state index contributed by atoms with van der Waals surface area (Å²) in [7, 11) is 2.21. The highest BCUT2D eigenvalue weighted by atomic mass is 16.5. The van der Waals surface area contributed by atoms with Gasteiger partial charge in [-0.15, -0.1) is 0 Å². The number of hydrogen-bond acceptors (Lipinski definition) is 4. The second kappa shape index (κ2) is 10.7. The molecule has 1 aliphatic heterocycles. The Balaban J connectivity index is 1.82. The molecule has 1 fully saturated rings. The van der Waals surface area contributed by atoms with E-state index in [4.69, 9.17) is 9.47 Å². The van der Waals surface area contributed by atoms with Gasteiger partial charge in [0.25, 0.3) is 0 Å². The summed E-state index contributed by atoms with van der Waals surface area (Å²) in [6.45, 7) is 13.8. The van der Waals surface area contributed by atoms with E-state index in [-0.39, 0.29) is 0 Å². The van der Waals surface area contributed by atoms with Crippen LogP contribution in [-0.4, -0.2) is 62.8 Å². The third-order valence-corrected chi connectivity index (χ3v) is 4.80. The zero-order chi connectivity index (χ0) is 18.1. The molecule has 1 aliphatic rings. The lowest BCUT2D eigenvalue weighted by atomic mass is 10.1. The van der Waals surface area contributed by atoms with Gasteiger partial charge in [0, 0.05) is 26.2 Å². The van der Waals surface area contributed by atoms with Gasteiger partial charge in [-0.2, -0.15) is 0 Å². The molecule has 0 bridgehead atoms. The molecule has 0 atom stereocenters. The molecule has 0 aliphatic carbocycles. The van der Waals surface area contributed by atoms with Gasteiger partial charge >= 0.3 is 0 Å². The van der Waals surface area contributed by atoms with Gasteiger partial charge in [-0.25, -0.2) is 0 Å². The molecule has 2 rings (SSSR count). The number of aryl methyl sites for hydroxylation is 1. The highest BCUT2D eigenvalue weighted by Crippen LogP contribution is 2.29. The van der Waals surface area contributed by atoms with Crippen molar-refractivity contribution in [3.05, 3.63) is 23.8 Å². The first-order valence-corrected chi connectivity index (χ1v) is 9.88. The minimum atomic E-state index is 0.657. The predicted molar refractivity (Wildman–Crippen MR) is 105 cm³/mol. The van der Waals surface area contributed by atoms with E-state index in [1.165, 1.54) is 44.7 Å². The van der Waals surface area contributed by atoms with E-state index in [1.807, 2.05) is 6.92 Å². The summed E-state index contributed by atoms with van der Waals surface area (Å²) in [6, 6.07) is 6.44. The van der Waals surface area contributed by atoms with Gasteiger partial charge in [0.05, 0.1) is 13.2 Å². The van der Waals surface area contributed by atoms with Crippen molar-refractivity contribution in [3.8, 4) is 11.5 Å². The fourth-order valence-corrected chi connectivity index (χ4v) is 3.08. The van der Waals surface area contributed by atoms with Gasteiger partial charge in [-0.1, -0.05) is 19.9 Å². The normalized spacial score (nSPS) is 16.4. The molecule has 4 heteroatoms. The molecule has 1 heterocycles. The number of ether oxygens (including phenoxy) is 2. The summed E-state index contributed by atoms with van der Waals surface area (Å²) in [5.74, 6) is 2.43. The molecule has 142 valence electrons. The second-order valence-corrected chi connectivity index (χ2v) is 7.49. The van der Waals surface area contributed by atoms with Gasteiger partial charge in [0.2, 0.25) is 0 Å². The summed E-state index contributed by atoms with van der Waals surface area (Å²) in [5.41, 5.74) is 1.34. The largest absolute Gasteiger partial charge is 0.490 e. The van der Waals surface area contributed by atoms with Crippen LogP contribution in [0, 0.1) is 5.92 Å². The van der Waals surface area contributed by atoms with Crippen molar-refractivity contribution in [1.29, 1.82) is 0 Å². The minimum Gasteiger partial charge on any atom is -0.490 e. The molecule has 1 saturated heterocycles. The van der Waals surface area contributed by atoms with E-state index in [9.17, 15) is 0 Å². The van der Waals surface area contributed by atoms with Crippen LogP contribution in [-0.2, 0) is 6.42 Å². The van der Waals surface area contributed by atoms with Crippen LogP contribution in [0.3, 0.4) is 0 Å². The standard InChI is InChI=1S/C21H36N2O2/c1-5-24-21-17-19(8-9-20(21)25-16-10-18(2)3)7-6-11-23-14-12-22(4)13-15-23/h8-9,17-18H,5-7,10-16H2,1-4H3. The molecule has 0 N–H and O–H groups in total. The molecular weight excluding hydrogens is 312 g/mol. The van der Waals surface area contributed by atoms with E-state index in [2.05, 4.69) is 48.9 Å². The Morgan fingerprint density at radius 2 is 1.80 bits per heavy atom. The van der Waals surface area contributed by atoms with E-state index in [0.29, 0.717) is 12.5 Å². The molecule has 0 radical (unpaired) electrons. The van der Waals surface area contributed by atoms with Crippen LogP contribution >= 0.6 is 0 Å². The highest BCUT2D eigenvalue weighted by molar-refractivity contribution is 5.43. The summed E-state index contributed by atoms with van der Waals surface area (Å²) < 4.78 is 11.7. The van der Waals surface area contributed by atoms with Gasteiger partial charge in [0.15, 0.2) is 11.5 Å². The fraction of sp³-hybridized carbons (Fsp3) is 0.714. The van der Waals surface area contributed by atoms with Crippen molar-refractivity contribution in [3.63, 3.8) is 0 Å². The molecule has 1 aromatic rings. The monoisotopic (exact) mass is 348 g/mol. The van der Waals surface area contributed by atoms with Crippen LogP contribution in [0.5, 0.6) is 11.5 Å². The van der Waals surface area contributed by atoms with Gasteiger partial charge in [-0.3, -0.25) is 0 Å². The molecule has 0 saturated carbocycles. The van der Waals surface area contributed by atoms with Crippen molar-refractivity contribution < 1.29 is 9.47 Å². The first kappa shape index (κ1) is 20.1. The number of likely N-dealkylation sites (N-methyl/N-ethyl adjacent to an activating group) is 1. The summed E-state index contributed by atoms with van der Waals surface area (Å²) in [4.78, 5) is 4.98. The summed E-state index contributed by atoms with van der Waals surface area (Å²) in [6.07, 6.45) is 3.36. The minimum absolute atomic E-state index is 0.657. The van der Waals surface area contributed by atoms with E-state index in [1.54, 1.807) is 0 Å². The maximum absolute atomic E-state index is 5.93. The Hall–Kier alpha value is -1.26. The first-order chi connectivity index (χ1) is 12.1. The zero-order valence-corrected chi connectivity index (χ0v) is 16.6. The van der Waals surface area contributed by atoms with E-state index < -0.39 is 0 Å². The maximum Gasteiger partial charge on any atom is 0.161 e. The van der Waals surface area contributed by atoms with Crippen molar-refractivity contribution in [2.24, 2.45) is 5.92 Å². The average Bonchev–Trinajstić information content (AvgIpc) is 2.58. The number of rotatable bonds is 10. The third-order valence-electron chi connectivity index (χ3n) is 4.80. The SMILES string of the molecule is CCOc1cc(CCCN2CCN(C)CC2)ccc1OCCC(C)C. The predicted octanol–water partition coefficient (Wildman–Crippen LogP) is 3.69. The second-order valence-electron chi connectivity index (χ2n) is 7.49. The van der Waals surface area contributed by atoms with Crippen LogP contribution in [0.4, 0.5) is 0 Å². The third kappa shape index (κ3) is 7.25. The van der Waals surface area contributed by atoms with Gasteiger partial charge in [-0.05, 0) is 63.4 Å². The quantitative estimate of drug-likeness (QED) is 0.644. The summed E-state index contributed by atoms with van der Waals surface area (Å²) in [5, 5.41) is 0. The molecule has 0 aromatic heterocycles. The first-order valence-electron chi connectivity index (χ1n) is 9.88. The Morgan fingerprint density at radius 3 is 2.48 bits per heavy atom. The molecule has 0 spiro atoms. The van der Waals surface area contributed by atoms with E-state index in [0.717, 1.165) is 30.9 Å². The smallest absolute Gasteiger partial charge is 0.161 e. The van der Waals surface area contributed by atoms with E-state index >= 15 is 0 Å². The van der Waals surface area contributed by atoms with Crippen molar-refractivity contribution in [2.75, 3.05) is 53.0 Å². The molecule has 25 heavy (non-hydrogen) atoms. The lowest BCUT2D eigenvalue weighted by Crippen LogP contribution is -2.44. The Bertz CT molecular complexity index is 497. The van der Waals surface area contributed by atoms with Crippen LogP contribution in [0.1, 0.15) is 39.2 Å². The molecule has 4 nitrogen and oxygen atoms in total. The molecule has 1 aromatic carbocycles. The van der Waals surface area contributed by atoms with Gasteiger partial charge < -0.3 is 19.3 Å². The van der Waals surface area contributed by atoms with Crippen LogP contribution in [0.15, 0.2) is 18.2 Å². The Morgan fingerprint density at radius 1 is 1.04 bits per heavy atom. The topological polar surface area (TPSA) is 24.9 Å². The van der Waals surface area contributed by atoms with Gasteiger partial charge in [0.1, 0.15) is 0 Å². The highest BCUT2D eigenvalue weighted by Gasteiger charge is 2.13. The van der Waals surface area contributed by atoms with Crippen LogP contribution < -0.4 is 9.47 Å². The maximum atomic E-state index is 5.93. The average molecular weight is 349 g/mol. The van der Waals surface area contributed by atoms with Crippen LogP contribution in [0.25, 0.3) is 0 Å². The molecule has 0 amide bonds. The number of piperazine rings is 1. The lowest BCUT2D eigenvalue weighted by Gasteiger charge is -2.32. The number of hydrogen-bond donors (Lipinski definition) is 0. The summed E-state index contributed by atoms with van der Waals surface area (Å²) >= 11 is 0.